The van der Waals surface area contributed by atoms with Gasteiger partial charge in [-0.3, -0.25) is 25.0 Å². The van der Waals surface area contributed by atoms with Crippen molar-refractivity contribution in [2.45, 2.75) is 6.92 Å². The molecule has 1 aromatic rings. The molecule has 1 aliphatic rings. The predicted octanol–water partition coefficient (Wildman–Crippen LogP) is 2.02. The maximum absolute atomic E-state index is 11.4. The van der Waals surface area contributed by atoms with Crippen LogP contribution in [0.5, 0.6) is 11.5 Å². The number of carbonyl (C=O) groups is 2. The highest BCUT2D eigenvalue weighted by Gasteiger charge is 2.26. The summed E-state index contributed by atoms with van der Waals surface area (Å²) in [5.74, 6) is -1.21. The van der Waals surface area contributed by atoms with Crippen LogP contribution in [0.4, 0.5) is 10.5 Å². The van der Waals surface area contributed by atoms with E-state index >= 15 is 0 Å². The zero-order chi connectivity index (χ0) is 15.6. The number of ether oxygens (including phenoxy) is 1. The van der Waals surface area contributed by atoms with Gasteiger partial charge < -0.3 is 9.84 Å². The van der Waals surface area contributed by atoms with E-state index in [-0.39, 0.29) is 22.8 Å². The number of benzene rings is 1. The Bertz CT molecular complexity index is 670. The topological polar surface area (TPSA) is 119 Å². The fourth-order valence-electron chi connectivity index (χ4n) is 1.67. The van der Waals surface area contributed by atoms with Crippen LogP contribution in [0.25, 0.3) is 6.08 Å². The molecule has 0 aromatic heterocycles. The normalized spacial score (nSPS) is 16.1. The number of nitrogens with zero attached hydrogens (tertiary/aromatic N) is 1. The first-order valence-electron chi connectivity index (χ1n) is 5.81. The van der Waals surface area contributed by atoms with Crippen molar-refractivity contribution in [2.75, 3.05) is 6.61 Å². The molecule has 110 valence electrons. The van der Waals surface area contributed by atoms with E-state index in [1.165, 1.54) is 12.1 Å². The average molecular weight is 310 g/mol. The minimum absolute atomic E-state index is 0.0618. The van der Waals surface area contributed by atoms with E-state index in [1.54, 1.807) is 6.92 Å². The van der Waals surface area contributed by atoms with E-state index in [4.69, 9.17) is 4.74 Å². The molecular formula is C12H10N2O6S. The predicted molar refractivity (Wildman–Crippen MR) is 75.0 cm³/mol. The number of imide groups is 1. The molecule has 1 fully saturated rings. The lowest BCUT2D eigenvalue weighted by Crippen LogP contribution is -2.17. The summed E-state index contributed by atoms with van der Waals surface area (Å²) in [5.41, 5.74) is -0.266. The Morgan fingerprint density at radius 1 is 1.48 bits per heavy atom. The minimum atomic E-state index is -0.757. The van der Waals surface area contributed by atoms with Crippen molar-refractivity contribution in [1.82, 2.24) is 5.32 Å². The Balaban J connectivity index is 2.49. The van der Waals surface area contributed by atoms with E-state index in [0.717, 1.165) is 6.07 Å². The van der Waals surface area contributed by atoms with Crippen molar-refractivity contribution >= 4 is 34.7 Å². The van der Waals surface area contributed by atoms with Crippen molar-refractivity contribution < 1.29 is 24.4 Å². The van der Waals surface area contributed by atoms with Crippen LogP contribution in [0.1, 0.15) is 12.5 Å². The molecule has 8 nitrogen and oxygen atoms in total. The van der Waals surface area contributed by atoms with Gasteiger partial charge in [-0.1, -0.05) is 0 Å². The largest absolute Gasteiger partial charge is 0.500 e. The maximum atomic E-state index is 11.4. The van der Waals surface area contributed by atoms with Crippen molar-refractivity contribution in [3.05, 3.63) is 32.7 Å². The standard InChI is InChI=1S/C12H10N2O6S/c1-2-20-8-4-6(3-7(10(8)15)14(18)19)5-9-11(16)13-12(17)21-9/h3-5,15H,2H2,1H3,(H,13,16,17). The zero-order valence-corrected chi connectivity index (χ0v) is 11.6. The number of phenols is 1. The first kappa shape index (κ1) is 14.9. The second kappa shape index (κ2) is 5.83. The number of carbonyl (C=O) groups excluding carboxylic acids is 2. The SMILES string of the molecule is CCOc1cc(C=C2SC(=O)NC2=O)cc([N+](=O)[O-])c1O. The van der Waals surface area contributed by atoms with Gasteiger partial charge in [0.25, 0.3) is 11.1 Å². The number of nitrogens with one attached hydrogen (secondary N) is 1. The van der Waals surface area contributed by atoms with Crippen LogP contribution in [-0.2, 0) is 4.79 Å². The molecule has 0 bridgehead atoms. The number of thioether (sulfide) groups is 1. The second-order valence-electron chi connectivity index (χ2n) is 3.93. The molecule has 9 heteroatoms. The molecule has 1 saturated heterocycles. The van der Waals surface area contributed by atoms with Crippen molar-refractivity contribution in [3.63, 3.8) is 0 Å². The summed E-state index contributed by atoms with van der Waals surface area (Å²) in [7, 11) is 0. The van der Waals surface area contributed by atoms with Crippen LogP contribution in [0.15, 0.2) is 17.0 Å². The van der Waals surface area contributed by atoms with Gasteiger partial charge in [0.1, 0.15) is 0 Å². The number of rotatable bonds is 4. The van der Waals surface area contributed by atoms with Crippen molar-refractivity contribution in [2.24, 2.45) is 0 Å². The summed E-state index contributed by atoms with van der Waals surface area (Å²) in [6.45, 7) is 1.87. The molecular weight excluding hydrogens is 300 g/mol. The Labute approximate surface area is 122 Å². The summed E-state index contributed by atoms with van der Waals surface area (Å²) < 4.78 is 5.12. The molecule has 0 saturated carbocycles. The molecule has 2 N–H and O–H groups in total. The van der Waals surface area contributed by atoms with Crippen LogP contribution in [0.2, 0.25) is 0 Å². The monoisotopic (exact) mass is 310 g/mol. The van der Waals surface area contributed by atoms with E-state index < -0.39 is 27.5 Å². The number of amides is 2. The Hall–Kier alpha value is -2.55. The molecule has 1 heterocycles. The average Bonchev–Trinajstić information content (AvgIpc) is 2.71. The van der Waals surface area contributed by atoms with Gasteiger partial charge in [0, 0.05) is 6.07 Å². The van der Waals surface area contributed by atoms with Gasteiger partial charge in [-0.05, 0) is 36.4 Å². The fourth-order valence-corrected chi connectivity index (χ4v) is 2.36. The van der Waals surface area contributed by atoms with Gasteiger partial charge in [0.05, 0.1) is 16.4 Å². The first-order valence-corrected chi connectivity index (χ1v) is 6.63. The Morgan fingerprint density at radius 2 is 2.19 bits per heavy atom. The first-order chi connectivity index (χ1) is 9.92. The van der Waals surface area contributed by atoms with E-state index in [1.807, 2.05) is 0 Å². The van der Waals surface area contributed by atoms with E-state index in [0.29, 0.717) is 11.8 Å². The van der Waals surface area contributed by atoms with Gasteiger partial charge in [-0.15, -0.1) is 0 Å². The highest BCUT2D eigenvalue weighted by atomic mass is 32.2. The molecule has 0 atom stereocenters. The van der Waals surface area contributed by atoms with Crippen LogP contribution < -0.4 is 10.1 Å². The van der Waals surface area contributed by atoms with Gasteiger partial charge >= 0.3 is 5.69 Å². The number of hydrogen-bond donors (Lipinski definition) is 2. The quantitative estimate of drug-likeness (QED) is 0.496. The summed E-state index contributed by atoms with van der Waals surface area (Å²) in [4.78, 5) is 32.8. The van der Waals surface area contributed by atoms with E-state index in [9.17, 15) is 24.8 Å². The lowest BCUT2D eigenvalue weighted by Gasteiger charge is -2.07. The van der Waals surface area contributed by atoms with Gasteiger partial charge in [0.2, 0.25) is 5.75 Å². The van der Waals surface area contributed by atoms with Crippen LogP contribution in [0.3, 0.4) is 0 Å². The molecule has 2 amide bonds. The zero-order valence-electron chi connectivity index (χ0n) is 10.8. The van der Waals surface area contributed by atoms with Crippen molar-refractivity contribution in [3.8, 4) is 11.5 Å². The maximum Gasteiger partial charge on any atom is 0.315 e. The smallest absolute Gasteiger partial charge is 0.315 e. The second-order valence-corrected chi connectivity index (χ2v) is 4.94. The molecule has 0 radical (unpaired) electrons. The fraction of sp³-hybridized carbons (Fsp3) is 0.167. The van der Waals surface area contributed by atoms with Crippen LogP contribution in [0, 0.1) is 10.1 Å². The van der Waals surface area contributed by atoms with Gasteiger partial charge in [0.15, 0.2) is 5.75 Å². The molecule has 0 aliphatic carbocycles. The van der Waals surface area contributed by atoms with Crippen molar-refractivity contribution in [1.29, 1.82) is 0 Å². The van der Waals surface area contributed by atoms with Crippen LogP contribution in [-0.4, -0.2) is 27.8 Å². The Kier molecular flexibility index (Phi) is 4.13. The van der Waals surface area contributed by atoms with E-state index in [2.05, 4.69) is 5.32 Å². The highest BCUT2D eigenvalue weighted by molar-refractivity contribution is 8.18. The summed E-state index contributed by atoms with van der Waals surface area (Å²) in [5, 5.41) is 22.2. The van der Waals surface area contributed by atoms with Crippen LogP contribution >= 0.6 is 11.8 Å². The number of phenolic OH excluding ortho intramolecular Hbond substituents is 1. The highest BCUT2D eigenvalue weighted by Crippen LogP contribution is 2.38. The lowest BCUT2D eigenvalue weighted by atomic mass is 10.1. The summed E-state index contributed by atoms with van der Waals surface area (Å²) in [6.07, 6.45) is 1.32. The lowest BCUT2D eigenvalue weighted by molar-refractivity contribution is -0.386. The third-order valence-corrected chi connectivity index (χ3v) is 3.32. The number of nitro groups is 1. The van der Waals surface area contributed by atoms with Gasteiger partial charge in [-0.2, -0.15) is 0 Å². The molecule has 21 heavy (non-hydrogen) atoms. The third kappa shape index (κ3) is 3.14. The molecule has 2 rings (SSSR count). The number of aromatic hydroxyl groups is 1. The number of hydrogen-bond acceptors (Lipinski definition) is 7. The molecule has 1 aliphatic heterocycles. The molecule has 0 spiro atoms. The molecule has 1 aromatic carbocycles. The van der Waals surface area contributed by atoms with Gasteiger partial charge in [-0.25, -0.2) is 0 Å². The minimum Gasteiger partial charge on any atom is -0.500 e. The Morgan fingerprint density at radius 3 is 2.71 bits per heavy atom. The summed E-state index contributed by atoms with van der Waals surface area (Å²) >= 11 is 0.695. The summed E-state index contributed by atoms with van der Waals surface area (Å²) in [6, 6.07) is 2.46. The third-order valence-electron chi connectivity index (χ3n) is 2.51. The number of nitro benzene ring substituents is 1. The molecule has 0 unspecified atom stereocenters.